The van der Waals surface area contributed by atoms with Crippen molar-refractivity contribution in [2.45, 2.75) is 6.92 Å². The molecule has 210 valence electrons. The number of aryl methyl sites for hydroxylation is 1. The van der Waals surface area contributed by atoms with Crippen molar-refractivity contribution in [3.8, 4) is 28.3 Å². The summed E-state index contributed by atoms with van der Waals surface area (Å²) in [5.41, 5.74) is 2.56. The number of hydrogen-bond acceptors (Lipinski definition) is 5. The molecule has 0 atom stereocenters. The average Bonchev–Trinajstić information content (AvgIpc) is 3.45. The van der Waals surface area contributed by atoms with Crippen LogP contribution in [-0.4, -0.2) is 30.0 Å². The van der Waals surface area contributed by atoms with Crippen LogP contribution >= 0.6 is 0 Å². The van der Waals surface area contributed by atoms with Gasteiger partial charge in [-0.05, 0) is 61.5 Å². The number of aromatic nitrogens is 5. The fourth-order valence-corrected chi connectivity index (χ4v) is 4.83. The SMILES string of the molecule is Cc1c(C(=O)Nc2ccc(Oc3cc4cnn(C)c4cc3-c3cccnc3)c(F)c2)c(=O)n(-c2ccc(F)cc2)n1C. The minimum Gasteiger partial charge on any atom is -0.454 e. The Labute approximate surface area is 238 Å². The first-order chi connectivity index (χ1) is 20.2. The highest BCUT2D eigenvalue weighted by Crippen LogP contribution is 2.37. The van der Waals surface area contributed by atoms with Gasteiger partial charge >= 0.3 is 0 Å². The third-order valence-electron chi connectivity index (χ3n) is 7.08. The Kier molecular flexibility index (Phi) is 6.62. The molecular formula is C31H24F2N6O3. The van der Waals surface area contributed by atoms with Gasteiger partial charge in [0.25, 0.3) is 11.5 Å². The number of ether oxygens (including phenoxy) is 1. The van der Waals surface area contributed by atoms with E-state index in [0.717, 1.165) is 22.5 Å². The van der Waals surface area contributed by atoms with Gasteiger partial charge in [-0.25, -0.2) is 13.5 Å². The number of carbonyl (C=O) groups excluding carboxylic acids is 1. The Balaban J connectivity index is 1.29. The highest BCUT2D eigenvalue weighted by molar-refractivity contribution is 6.05. The molecule has 3 aromatic heterocycles. The van der Waals surface area contributed by atoms with E-state index in [1.54, 1.807) is 49.4 Å². The van der Waals surface area contributed by atoms with E-state index in [9.17, 15) is 14.0 Å². The van der Waals surface area contributed by atoms with Crippen molar-refractivity contribution in [2.24, 2.45) is 14.1 Å². The van der Waals surface area contributed by atoms with E-state index in [-0.39, 0.29) is 17.0 Å². The highest BCUT2D eigenvalue weighted by atomic mass is 19.1. The van der Waals surface area contributed by atoms with Crippen LogP contribution in [0.5, 0.6) is 11.5 Å². The third-order valence-corrected chi connectivity index (χ3v) is 7.08. The van der Waals surface area contributed by atoms with Crippen molar-refractivity contribution in [2.75, 3.05) is 5.32 Å². The van der Waals surface area contributed by atoms with Gasteiger partial charge in [-0.15, -0.1) is 0 Å². The molecule has 1 N–H and O–H groups in total. The summed E-state index contributed by atoms with van der Waals surface area (Å²) in [6, 6.07) is 16.7. The molecule has 11 heteroatoms. The number of nitrogens with one attached hydrogen (secondary N) is 1. The molecule has 42 heavy (non-hydrogen) atoms. The third kappa shape index (κ3) is 4.70. The molecule has 0 aliphatic heterocycles. The standard InChI is InChI=1S/C31H24F2N6O3/c1-18-29(31(41)39(38(18)3)23-9-6-21(32)7-10-23)30(40)36-22-8-11-27(25(33)14-22)42-28-13-20-17-35-37(2)26(20)15-24(28)19-5-4-12-34-16-19/h4-17H,1-3H3,(H,36,40). The van der Waals surface area contributed by atoms with Crippen LogP contribution in [0.15, 0.2) is 90.1 Å². The van der Waals surface area contributed by atoms with E-state index in [0.29, 0.717) is 22.7 Å². The van der Waals surface area contributed by atoms with Gasteiger partial charge in [0.05, 0.1) is 23.1 Å². The molecule has 0 bridgehead atoms. The van der Waals surface area contributed by atoms with Gasteiger partial charge in [-0.1, -0.05) is 6.07 Å². The van der Waals surface area contributed by atoms with E-state index in [4.69, 9.17) is 4.74 Å². The minimum absolute atomic E-state index is 0.0593. The van der Waals surface area contributed by atoms with Gasteiger partial charge in [0.15, 0.2) is 11.6 Å². The first-order valence-corrected chi connectivity index (χ1v) is 12.9. The Morgan fingerprint density at radius 2 is 1.74 bits per heavy atom. The number of amides is 1. The number of fused-ring (bicyclic) bond motifs is 1. The van der Waals surface area contributed by atoms with Gasteiger partial charge in [-0.3, -0.25) is 23.9 Å². The lowest BCUT2D eigenvalue weighted by Crippen LogP contribution is -2.25. The highest BCUT2D eigenvalue weighted by Gasteiger charge is 2.23. The van der Waals surface area contributed by atoms with Crippen LogP contribution in [0, 0.1) is 18.6 Å². The molecule has 0 fully saturated rings. The van der Waals surface area contributed by atoms with Gasteiger partial charge in [0, 0.05) is 54.8 Å². The lowest BCUT2D eigenvalue weighted by atomic mass is 10.0. The predicted octanol–water partition coefficient (Wildman–Crippen LogP) is 5.76. The van der Waals surface area contributed by atoms with E-state index in [1.165, 1.54) is 45.8 Å². The largest absolute Gasteiger partial charge is 0.454 e. The molecule has 0 saturated heterocycles. The zero-order valence-corrected chi connectivity index (χ0v) is 22.8. The van der Waals surface area contributed by atoms with Crippen LogP contribution in [-0.2, 0) is 14.1 Å². The monoisotopic (exact) mass is 566 g/mol. The lowest BCUT2D eigenvalue weighted by Gasteiger charge is -2.14. The number of hydrogen-bond donors (Lipinski definition) is 1. The number of carbonyl (C=O) groups is 1. The van der Waals surface area contributed by atoms with Crippen LogP contribution in [0.2, 0.25) is 0 Å². The predicted molar refractivity (Wildman–Crippen MR) is 154 cm³/mol. The van der Waals surface area contributed by atoms with Crippen molar-refractivity contribution in [3.63, 3.8) is 0 Å². The Morgan fingerprint density at radius 3 is 2.45 bits per heavy atom. The maximum atomic E-state index is 15.3. The van der Waals surface area contributed by atoms with Crippen LogP contribution in [0.25, 0.3) is 27.7 Å². The molecule has 0 aliphatic rings. The van der Waals surface area contributed by atoms with E-state index in [2.05, 4.69) is 15.4 Å². The van der Waals surface area contributed by atoms with Crippen LogP contribution in [0.3, 0.4) is 0 Å². The van der Waals surface area contributed by atoms with Gasteiger partial charge in [-0.2, -0.15) is 5.10 Å². The molecule has 0 aliphatic carbocycles. The lowest BCUT2D eigenvalue weighted by molar-refractivity contribution is 0.102. The summed E-state index contributed by atoms with van der Waals surface area (Å²) in [5.74, 6) is -1.53. The zero-order chi connectivity index (χ0) is 29.5. The molecule has 0 spiro atoms. The second-order valence-corrected chi connectivity index (χ2v) is 9.70. The maximum absolute atomic E-state index is 15.3. The molecule has 0 saturated carbocycles. The number of halogens is 2. The summed E-state index contributed by atoms with van der Waals surface area (Å²) >= 11 is 0. The first kappa shape index (κ1) is 26.6. The first-order valence-electron chi connectivity index (χ1n) is 12.9. The molecule has 3 aromatic carbocycles. The summed E-state index contributed by atoms with van der Waals surface area (Å²) in [4.78, 5) is 30.5. The van der Waals surface area contributed by atoms with Crippen molar-refractivity contribution in [3.05, 3.63) is 119 Å². The van der Waals surface area contributed by atoms with Crippen LogP contribution in [0.1, 0.15) is 16.1 Å². The average molecular weight is 567 g/mol. The molecular weight excluding hydrogens is 542 g/mol. The fraction of sp³-hybridized carbons (Fsp3) is 0.0968. The Hall–Kier alpha value is -5.58. The van der Waals surface area contributed by atoms with Crippen LogP contribution < -0.4 is 15.6 Å². The Morgan fingerprint density at radius 1 is 0.952 bits per heavy atom. The number of nitrogens with zero attached hydrogens (tertiary/aromatic N) is 5. The summed E-state index contributed by atoms with van der Waals surface area (Å²) in [6.07, 6.45) is 5.04. The normalized spacial score (nSPS) is 11.2. The molecule has 6 rings (SSSR count). The second kappa shape index (κ2) is 10.4. The quantitative estimate of drug-likeness (QED) is 0.277. The van der Waals surface area contributed by atoms with Gasteiger partial charge < -0.3 is 10.1 Å². The number of anilines is 1. The van der Waals surface area contributed by atoms with Gasteiger partial charge in [0.1, 0.15) is 17.1 Å². The van der Waals surface area contributed by atoms with E-state index in [1.807, 2.05) is 19.2 Å². The van der Waals surface area contributed by atoms with Crippen molar-refractivity contribution in [1.29, 1.82) is 0 Å². The fourth-order valence-electron chi connectivity index (χ4n) is 4.83. The number of benzene rings is 3. The molecule has 3 heterocycles. The molecule has 1 amide bonds. The smallest absolute Gasteiger partial charge is 0.284 e. The summed E-state index contributed by atoms with van der Waals surface area (Å²) in [7, 11) is 3.45. The van der Waals surface area contributed by atoms with E-state index >= 15 is 4.39 Å². The topological polar surface area (TPSA) is 96.0 Å². The summed E-state index contributed by atoms with van der Waals surface area (Å²) in [5, 5.41) is 7.70. The van der Waals surface area contributed by atoms with Gasteiger partial charge in [0.2, 0.25) is 0 Å². The zero-order valence-electron chi connectivity index (χ0n) is 22.8. The number of rotatable bonds is 6. The van der Waals surface area contributed by atoms with Crippen molar-refractivity contribution < 1.29 is 18.3 Å². The second-order valence-electron chi connectivity index (χ2n) is 9.70. The molecule has 6 aromatic rings. The molecule has 0 unspecified atom stereocenters. The minimum atomic E-state index is -0.718. The van der Waals surface area contributed by atoms with Crippen molar-refractivity contribution in [1.82, 2.24) is 24.1 Å². The van der Waals surface area contributed by atoms with Crippen LogP contribution in [0.4, 0.5) is 14.5 Å². The maximum Gasteiger partial charge on any atom is 0.284 e. The van der Waals surface area contributed by atoms with E-state index < -0.39 is 23.1 Å². The van der Waals surface area contributed by atoms with Crippen molar-refractivity contribution >= 4 is 22.5 Å². The molecule has 0 radical (unpaired) electrons. The summed E-state index contributed by atoms with van der Waals surface area (Å²) < 4.78 is 39.3. The molecule has 9 nitrogen and oxygen atoms in total. The summed E-state index contributed by atoms with van der Waals surface area (Å²) in [6.45, 7) is 1.62. The number of pyridine rings is 1. The Bertz CT molecular complexity index is 2030.